The summed E-state index contributed by atoms with van der Waals surface area (Å²) in [5.41, 5.74) is 3.10. The summed E-state index contributed by atoms with van der Waals surface area (Å²) in [5, 5.41) is 10.4. The summed E-state index contributed by atoms with van der Waals surface area (Å²) in [7, 11) is 0. The van der Waals surface area contributed by atoms with Crippen LogP contribution in [-0.2, 0) is 22.4 Å². The van der Waals surface area contributed by atoms with E-state index in [0.717, 1.165) is 50.2 Å². The SMILES string of the molecule is CCOC(=O)CSc1nc(N2CCCCC2)c2c(c1C#N)CCCC2. The summed E-state index contributed by atoms with van der Waals surface area (Å²) in [6.45, 7) is 4.25. The van der Waals surface area contributed by atoms with Crippen LogP contribution in [0.3, 0.4) is 0 Å². The zero-order chi connectivity index (χ0) is 17.6. The van der Waals surface area contributed by atoms with Gasteiger partial charge in [0.2, 0.25) is 0 Å². The summed E-state index contributed by atoms with van der Waals surface area (Å²) < 4.78 is 5.02. The number of pyridine rings is 1. The van der Waals surface area contributed by atoms with Crippen molar-refractivity contribution in [1.29, 1.82) is 5.26 Å². The lowest BCUT2D eigenvalue weighted by Crippen LogP contribution is -2.32. The highest BCUT2D eigenvalue weighted by atomic mass is 32.2. The van der Waals surface area contributed by atoms with Crippen LogP contribution >= 0.6 is 11.8 Å². The van der Waals surface area contributed by atoms with Gasteiger partial charge in [-0.2, -0.15) is 5.26 Å². The molecule has 0 bridgehead atoms. The zero-order valence-electron chi connectivity index (χ0n) is 14.8. The Kier molecular flexibility index (Phi) is 6.19. The Balaban J connectivity index is 1.95. The molecule has 6 heteroatoms. The Morgan fingerprint density at radius 3 is 2.60 bits per heavy atom. The number of nitriles is 1. The molecule has 1 aliphatic carbocycles. The van der Waals surface area contributed by atoms with Crippen LogP contribution in [-0.4, -0.2) is 36.4 Å². The van der Waals surface area contributed by atoms with Crippen LogP contribution in [0, 0.1) is 11.3 Å². The quantitative estimate of drug-likeness (QED) is 0.592. The van der Waals surface area contributed by atoms with Crippen molar-refractivity contribution < 1.29 is 9.53 Å². The number of carbonyl (C=O) groups excluding carboxylic acids is 1. The number of anilines is 1. The molecule has 0 saturated carbocycles. The summed E-state index contributed by atoms with van der Waals surface area (Å²) in [6, 6.07) is 2.36. The number of fused-ring (bicyclic) bond motifs is 1. The third kappa shape index (κ3) is 4.09. The van der Waals surface area contributed by atoms with Crippen LogP contribution in [0.5, 0.6) is 0 Å². The molecular weight excluding hydrogens is 334 g/mol. The third-order valence-corrected chi connectivity index (χ3v) is 5.81. The highest BCUT2D eigenvalue weighted by molar-refractivity contribution is 7.99. The van der Waals surface area contributed by atoms with Crippen molar-refractivity contribution in [2.24, 2.45) is 0 Å². The van der Waals surface area contributed by atoms with E-state index >= 15 is 0 Å². The van der Waals surface area contributed by atoms with Crippen molar-refractivity contribution in [1.82, 2.24) is 4.98 Å². The Bertz CT molecular complexity index is 678. The molecule has 0 amide bonds. The molecule has 1 aromatic heterocycles. The minimum absolute atomic E-state index is 0.202. The molecular formula is C19H25N3O2S. The highest BCUT2D eigenvalue weighted by Crippen LogP contribution is 2.37. The fraction of sp³-hybridized carbons (Fsp3) is 0.632. The number of aromatic nitrogens is 1. The maximum absolute atomic E-state index is 11.7. The van der Waals surface area contributed by atoms with Crippen LogP contribution < -0.4 is 4.90 Å². The largest absolute Gasteiger partial charge is 0.465 e. The van der Waals surface area contributed by atoms with E-state index in [1.807, 2.05) is 0 Å². The first-order valence-corrected chi connectivity index (χ1v) is 10.2. The molecule has 3 rings (SSSR count). The first-order valence-electron chi connectivity index (χ1n) is 9.23. The number of rotatable bonds is 5. The first kappa shape index (κ1) is 18.1. The summed E-state index contributed by atoms with van der Waals surface area (Å²) >= 11 is 1.34. The fourth-order valence-electron chi connectivity index (χ4n) is 3.69. The molecule has 1 aliphatic heterocycles. The number of piperidine rings is 1. The predicted octanol–water partition coefficient (Wildman–Crippen LogP) is 3.48. The number of nitrogens with zero attached hydrogens (tertiary/aromatic N) is 3. The monoisotopic (exact) mass is 359 g/mol. The molecule has 5 nitrogen and oxygen atoms in total. The Morgan fingerprint density at radius 1 is 1.20 bits per heavy atom. The molecule has 0 atom stereocenters. The van der Waals surface area contributed by atoms with E-state index in [1.54, 1.807) is 6.92 Å². The van der Waals surface area contributed by atoms with E-state index in [-0.39, 0.29) is 11.7 Å². The standard InChI is InChI=1S/C19H25N3O2S/c1-2-24-17(23)13-25-19-16(12-20)14-8-4-5-9-15(14)18(21-19)22-10-6-3-7-11-22/h2-11,13H2,1H3. The predicted molar refractivity (Wildman–Crippen MR) is 99.0 cm³/mol. The van der Waals surface area contributed by atoms with Crippen molar-refractivity contribution in [3.8, 4) is 6.07 Å². The lowest BCUT2D eigenvalue weighted by molar-refractivity contribution is -0.139. The number of carbonyl (C=O) groups is 1. The normalized spacial score (nSPS) is 16.9. The molecule has 0 spiro atoms. The van der Waals surface area contributed by atoms with Gasteiger partial charge in [0.15, 0.2) is 0 Å². The topological polar surface area (TPSA) is 66.2 Å². The van der Waals surface area contributed by atoms with E-state index in [4.69, 9.17) is 9.72 Å². The fourth-order valence-corrected chi connectivity index (χ4v) is 4.50. The Hall–Kier alpha value is -1.74. The molecule has 0 N–H and O–H groups in total. The van der Waals surface area contributed by atoms with Crippen LogP contribution in [0.4, 0.5) is 5.82 Å². The Labute approximate surface area is 153 Å². The van der Waals surface area contributed by atoms with Gasteiger partial charge in [-0.05, 0) is 63.0 Å². The van der Waals surface area contributed by atoms with Gasteiger partial charge in [-0.25, -0.2) is 4.98 Å². The second-order valence-corrected chi connectivity index (χ2v) is 7.50. The van der Waals surface area contributed by atoms with Gasteiger partial charge < -0.3 is 9.64 Å². The molecule has 25 heavy (non-hydrogen) atoms. The van der Waals surface area contributed by atoms with Gasteiger partial charge in [0.05, 0.1) is 17.9 Å². The molecule has 134 valence electrons. The number of hydrogen-bond donors (Lipinski definition) is 0. The van der Waals surface area contributed by atoms with E-state index in [0.29, 0.717) is 17.2 Å². The van der Waals surface area contributed by atoms with Gasteiger partial charge >= 0.3 is 5.97 Å². The van der Waals surface area contributed by atoms with E-state index < -0.39 is 0 Å². The van der Waals surface area contributed by atoms with Crippen LogP contribution in [0.1, 0.15) is 55.7 Å². The Morgan fingerprint density at radius 2 is 1.92 bits per heavy atom. The molecule has 0 radical (unpaired) electrons. The molecule has 2 heterocycles. The van der Waals surface area contributed by atoms with Gasteiger partial charge in [-0.1, -0.05) is 11.8 Å². The lowest BCUT2D eigenvalue weighted by Gasteiger charge is -2.32. The maximum Gasteiger partial charge on any atom is 0.316 e. The van der Waals surface area contributed by atoms with Gasteiger partial charge in [0.1, 0.15) is 16.9 Å². The molecule has 1 aromatic rings. The smallest absolute Gasteiger partial charge is 0.316 e. The summed E-state index contributed by atoms with van der Waals surface area (Å²) in [4.78, 5) is 19.0. The van der Waals surface area contributed by atoms with Crippen LogP contribution in [0.25, 0.3) is 0 Å². The maximum atomic E-state index is 11.7. The van der Waals surface area contributed by atoms with Gasteiger partial charge in [-0.3, -0.25) is 4.79 Å². The number of hydrogen-bond acceptors (Lipinski definition) is 6. The average Bonchev–Trinajstić information content (AvgIpc) is 2.66. The van der Waals surface area contributed by atoms with Gasteiger partial charge in [0, 0.05) is 13.1 Å². The van der Waals surface area contributed by atoms with Crippen LogP contribution in [0.15, 0.2) is 5.03 Å². The van der Waals surface area contributed by atoms with Crippen molar-refractivity contribution in [2.45, 2.75) is 56.9 Å². The summed E-state index contributed by atoms with van der Waals surface area (Å²) in [5.74, 6) is 1.00. The lowest BCUT2D eigenvalue weighted by atomic mass is 9.89. The number of ether oxygens (including phenoxy) is 1. The first-order chi connectivity index (χ1) is 12.2. The van der Waals surface area contributed by atoms with Gasteiger partial charge in [0.25, 0.3) is 0 Å². The van der Waals surface area contributed by atoms with Crippen LogP contribution in [0.2, 0.25) is 0 Å². The van der Waals surface area contributed by atoms with E-state index in [1.165, 1.54) is 36.6 Å². The van der Waals surface area contributed by atoms with Crippen molar-refractivity contribution in [3.05, 3.63) is 16.7 Å². The molecule has 2 aliphatic rings. The third-order valence-electron chi connectivity index (χ3n) is 4.86. The second kappa shape index (κ2) is 8.57. The van der Waals surface area contributed by atoms with E-state index in [2.05, 4.69) is 11.0 Å². The number of thioether (sulfide) groups is 1. The minimum atomic E-state index is -0.254. The molecule has 0 aromatic carbocycles. The average molecular weight is 359 g/mol. The molecule has 1 saturated heterocycles. The second-order valence-electron chi connectivity index (χ2n) is 6.53. The van der Waals surface area contributed by atoms with E-state index in [9.17, 15) is 10.1 Å². The zero-order valence-corrected chi connectivity index (χ0v) is 15.7. The minimum Gasteiger partial charge on any atom is -0.465 e. The van der Waals surface area contributed by atoms with Crippen molar-refractivity contribution >= 4 is 23.5 Å². The summed E-state index contributed by atoms with van der Waals surface area (Å²) in [6.07, 6.45) is 7.89. The van der Waals surface area contributed by atoms with Crippen molar-refractivity contribution in [2.75, 3.05) is 30.3 Å². The molecule has 0 unspecified atom stereocenters. The van der Waals surface area contributed by atoms with Gasteiger partial charge in [-0.15, -0.1) is 0 Å². The number of esters is 1. The highest BCUT2D eigenvalue weighted by Gasteiger charge is 2.26. The van der Waals surface area contributed by atoms with Crippen molar-refractivity contribution in [3.63, 3.8) is 0 Å². The molecule has 1 fully saturated rings.